The predicted molar refractivity (Wildman–Crippen MR) is 104 cm³/mol. The molecule has 0 radical (unpaired) electrons. The van der Waals surface area contributed by atoms with Crippen LogP contribution in [0.1, 0.15) is 15.9 Å². The Balaban J connectivity index is 1.60. The number of hydrogen-bond donors (Lipinski definition) is 1. The lowest BCUT2D eigenvalue weighted by molar-refractivity contribution is 0.102. The number of rotatable bonds is 7. The van der Waals surface area contributed by atoms with Crippen molar-refractivity contribution in [3.63, 3.8) is 0 Å². The smallest absolute Gasteiger partial charge is 0.260 e. The third kappa shape index (κ3) is 4.78. The van der Waals surface area contributed by atoms with Crippen LogP contribution in [0.2, 0.25) is 0 Å². The van der Waals surface area contributed by atoms with Gasteiger partial charge in [0.05, 0.1) is 12.7 Å². The van der Waals surface area contributed by atoms with E-state index in [-0.39, 0.29) is 5.91 Å². The second kappa shape index (κ2) is 8.75. The fraction of sp³-hybridized carbons (Fsp3) is 0.200. The van der Waals surface area contributed by atoms with Crippen LogP contribution in [0.3, 0.4) is 0 Å². The van der Waals surface area contributed by atoms with E-state index >= 15 is 0 Å². The summed E-state index contributed by atoms with van der Waals surface area (Å²) in [5, 5.41) is 11.0. The van der Waals surface area contributed by atoms with Crippen molar-refractivity contribution in [1.82, 2.24) is 15.2 Å². The highest BCUT2D eigenvalue weighted by Gasteiger charge is 2.13. The van der Waals surface area contributed by atoms with Crippen molar-refractivity contribution in [3.8, 4) is 5.75 Å². The van der Waals surface area contributed by atoms with Gasteiger partial charge >= 0.3 is 0 Å². The number of ether oxygens (including phenoxy) is 1. The Hall–Kier alpha value is -3.48. The number of aromatic nitrogens is 3. The van der Waals surface area contributed by atoms with Crippen LogP contribution in [0, 0.1) is 0 Å². The van der Waals surface area contributed by atoms with E-state index in [1.165, 1.54) is 12.7 Å². The molecule has 7 nitrogen and oxygen atoms in total. The number of benzene rings is 1. The zero-order valence-corrected chi connectivity index (χ0v) is 15.3. The zero-order valence-electron chi connectivity index (χ0n) is 15.3. The summed E-state index contributed by atoms with van der Waals surface area (Å²) in [5.74, 6) is 1.34. The zero-order chi connectivity index (χ0) is 19.1. The van der Waals surface area contributed by atoms with Crippen molar-refractivity contribution in [2.24, 2.45) is 0 Å². The molecule has 0 aliphatic carbocycles. The molecule has 0 spiro atoms. The molecule has 0 aliphatic heterocycles. The maximum Gasteiger partial charge on any atom is 0.260 e. The van der Waals surface area contributed by atoms with Gasteiger partial charge in [-0.2, -0.15) is 0 Å². The first kappa shape index (κ1) is 18.3. The SMILES string of the molecule is COc1ccccc1C(=O)Nc1ccc(N(C)CCc2ccncc2)nn1. The minimum atomic E-state index is -0.291. The number of anilines is 2. The molecule has 0 saturated heterocycles. The lowest BCUT2D eigenvalue weighted by Crippen LogP contribution is -2.22. The van der Waals surface area contributed by atoms with E-state index < -0.39 is 0 Å². The molecule has 2 heterocycles. The molecule has 1 N–H and O–H groups in total. The minimum Gasteiger partial charge on any atom is -0.496 e. The average Bonchev–Trinajstić information content (AvgIpc) is 2.73. The minimum absolute atomic E-state index is 0.291. The molecule has 0 unspecified atom stereocenters. The molecule has 1 amide bonds. The van der Waals surface area contributed by atoms with Gasteiger partial charge in [-0.1, -0.05) is 12.1 Å². The van der Waals surface area contributed by atoms with Crippen LogP contribution < -0.4 is 15.0 Å². The largest absolute Gasteiger partial charge is 0.496 e. The summed E-state index contributed by atoms with van der Waals surface area (Å²) in [7, 11) is 3.49. The van der Waals surface area contributed by atoms with Gasteiger partial charge in [0.1, 0.15) is 5.75 Å². The number of methoxy groups -OCH3 is 1. The van der Waals surface area contributed by atoms with Gasteiger partial charge in [0.2, 0.25) is 0 Å². The summed E-state index contributed by atoms with van der Waals surface area (Å²) in [6, 6.07) is 14.6. The Bertz CT molecular complexity index is 884. The predicted octanol–water partition coefficient (Wildman–Crippen LogP) is 2.81. The van der Waals surface area contributed by atoms with E-state index in [1.54, 1.807) is 36.7 Å². The number of para-hydroxylation sites is 1. The second-order valence-electron chi connectivity index (χ2n) is 5.96. The Morgan fingerprint density at radius 1 is 1.07 bits per heavy atom. The molecule has 1 aromatic carbocycles. The van der Waals surface area contributed by atoms with Crippen LogP contribution in [-0.2, 0) is 6.42 Å². The number of carbonyl (C=O) groups is 1. The lowest BCUT2D eigenvalue weighted by atomic mass is 10.2. The summed E-state index contributed by atoms with van der Waals surface area (Å²) in [5.41, 5.74) is 1.66. The highest BCUT2D eigenvalue weighted by Crippen LogP contribution is 2.19. The van der Waals surface area contributed by atoms with E-state index in [0.29, 0.717) is 17.1 Å². The average molecular weight is 363 g/mol. The van der Waals surface area contributed by atoms with Crippen molar-refractivity contribution in [3.05, 3.63) is 72.1 Å². The van der Waals surface area contributed by atoms with Crippen LogP contribution in [0.25, 0.3) is 0 Å². The summed E-state index contributed by atoms with van der Waals surface area (Å²) in [6.07, 6.45) is 4.45. The third-order valence-electron chi connectivity index (χ3n) is 4.12. The topological polar surface area (TPSA) is 80.2 Å². The van der Waals surface area contributed by atoms with Crippen LogP contribution in [0.15, 0.2) is 60.9 Å². The Morgan fingerprint density at radius 2 is 1.85 bits per heavy atom. The van der Waals surface area contributed by atoms with E-state index in [0.717, 1.165) is 18.8 Å². The molecule has 2 aromatic heterocycles. The molecule has 0 saturated carbocycles. The van der Waals surface area contributed by atoms with Gasteiger partial charge in [-0.05, 0) is 48.4 Å². The number of nitrogens with zero attached hydrogens (tertiary/aromatic N) is 4. The van der Waals surface area contributed by atoms with Gasteiger partial charge < -0.3 is 15.0 Å². The Morgan fingerprint density at radius 3 is 2.56 bits per heavy atom. The van der Waals surface area contributed by atoms with Crippen LogP contribution in [0.5, 0.6) is 5.75 Å². The van der Waals surface area contributed by atoms with Crippen LogP contribution in [-0.4, -0.2) is 41.8 Å². The van der Waals surface area contributed by atoms with Gasteiger partial charge in [-0.15, -0.1) is 10.2 Å². The first-order valence-electron chi connectivity index (χ1n) is 8.55. The lowest BCUT2D eigenvalue weighted by Gasteiger charge is -2.17. The van der Waals surface area contributed by atoms with Gasteiger partial charge in [0.25, 0.3) is 5.91 Å². The van der Waals surface area contributed by atoms with Crippen LogP contribution in [0.4, 0.5) is 11.6 Å². The molecule has 3 rings (SSSR count). The molecule has 7 heteroatoms. The quantitative estimate of drug-likeness (QED) is 0.695. The van der Waals surface area contributed by atoms with Crippen molar-refractivity contribution >= 4 is 17.5 Å². The molecule has 3 aromatic rings. The number of pyridine rings is 1. The molecule has 0 fully saturated rings. The van der Waals surface area contributed by atoms with E-state index in [9.17, 15) is 4.79 Å². The number of hydrogen-bond acceptors (Lipinski definition) is 6. The van der Waals surface area contributed by atoms with E-state index in [4.69, 9.17) is 4.74 Å². The van der Waals surface area contributed by atoms with E-state index in [1.807, 2.05) is 36.2 Å². The van der Waals surface area contributed by atoms with Crippen molar-refractivity contribution < 1.29 is 9.53 Å². The first-order chi connectivity index (χ1) is 13.2. The number of carbonyl (C=O) groups excluding carboxylic acids is 1. The number of nitrogens with one attached hydrogen (secondary N) is 1. The Labute approximate surface area is 158 Å². The van der Waals surface area contributed by atoms with E-state index in [2.05, 4.69) is 20.5 Å². The molecule has 0 aliphatic rings. The molecule has 138 valence electrons. The summed E-state index contributed by atoms with van der Waals surface area (Å²) in [4.78, 5) is 18.4. The highest BCUT2D eigenvalue weighted by atomic mass is 16.5. The molecular formula is C20H21N5O2. The number of amides is 1. The van der Waals surface area contributed by atoms with Crippen molar-refractivity contribution in [1.29, 1.82) is 0 Å². The third-order valence-corrected chi connectivity index (χ3v) is 4.12. The van der Waals surface area contributed by atoms with Crippen molar-refractivity contribution in [2.45, 2.75) is 6.42 Å². The molecule has 0 atom stereocenters. The van der Waals surface area contributed by atoms with Crippen molar-refractivity contribution in [2.75, 3.05) is 30.9 Å². The summed E-state index contributed by atoms with van der Waals surface area (Å²) < 4.78 is 5.21. The van der Waals surface area contributed by atoms with Gasteiger partial charge in [-0.25, -0.2) is 0 Å². The summed E-state index contributed by atoms with van der Waals surface area (Å²) >= 11 is 0. The first-order valence-corrected chi connectivity index (χ1v) is 8.55. The maximum absolute atomic E-state index is 12.4. The fourth-order valence-corrected chi connectivity index (χ4v) is 2.57. The Kier molecular flexibility index (Phi) is 5.94. The maximum atomic E-state index is 12.4. The molecule has 0 bridgehead atoms. The van der Waals surface area contributed by atoms with Gasteiger partial charge in [-0.3, -0.25) is 9.78 Å². The summed E-state index contributed by atoms with van der Waals surface area (Å²) in [6.45, 7) is 0.797. The normalized spacial score (nSPS) is 10.3. The standard InChI is InChI=1S/C20H21N5O2/c1-25(14-11-15-9-12-21-13-10-15)19-8-7-18(23-24-19)22-20(26)16-5-3-4-6-17(16)27-2/h3-10,12-13H,11,14H2,1-2H3,(H,22,23,26). The highest BCUT2D eigenvalue weighted by molar-refractivity contribution is 6.05. The fourth-order valence-electron chi connectivity index (χ4n) is 2.57. The molecule has 27 heavy (non-hydrogen) atoms. The molecular weight excluding hydrogens is 342 g/mol. The van der Waals surface area contributed by atoms with Crippen LogP contribution >= 0.6 is 0 Å². The van der Waals surface area contributed by atoms with Gasteiger partial charge in [0, 0.05) is 26.0 Å². The monoisotopic (exact) mass is 363 g/mol. The second-order valence-corrected chi connectivity index (χ2v) is 5.96. The number of likely N-dealkylation sites (N-methyl/N-ethyl adjacent to an activating group) is 1. The van der Waals surface area contributed by atoms with Gasteiger partial charge in [0.15, 0.2) is 11.6 Å².